The standard InChI is InChI=1S/C18H23NO2/c1-2-12-19-18(11-13-20)15-7-6-10-17(14-15)21-16-8-4-3-5-9-16/h3-10,14,18-20H,2,11-13H2,1H3. The zero-order valence-corrected chi connectivity index (χ0v) is 12.5. The van der Waals surface area contributed by atoms with E-state index < -0.39 is 0 Å². The predicted molar refractivity (Wildman–Crippen MR) is 85.7 cm³/mol. The van der Waals surface area contributed by atoms with Crippen LogP contribution in [-0.2, 0) is 0 Å². The Labute approximate surface area is 126 Å². The summed E-state index contributed by atoms with van der Waals surface area (Å²) in [6, 6.07) is 18.0. The van der Waals surface area contributed by atoms with Crippen LogP contribution in [0.4, 0.5) is 0 Å². The monoisotopic (exact) mass is 285 g/mol. The van der Waals surface area contributed by atoms with Gasteiger partial charge in [0.25, 0.3) is 0 Å². The molecule has 0 aliphatic rings. The van der Waals surface area contributed by atoms with Crippen LogP contribution in [0.25, 0.3) is 0 Å². The van der Waals surface area contributed by atoms with Gasteiger partial charge in [-0.1, -0.05) is 37.3 Å². The number of aliphatic hydroxyl groups is 1. The van der Waals surface area contributed by atoms with Crippen LogP contribution in [0.5, 0.6) is 11.5 Å². The normalized spacial score (nSPS) is 12.1. The Morgan fingerprint density at radius 3 is 2.52 bits per heavy atom. The summed E-state index contributed by atoms with van der Waals surface area (Å²) in [4.78, 5) is 0. The van der Waals surface area contributed by atoms with Crippen molar-refractivity contribution in [1.82, 2.24) is 5.32 Å². The van der Waals surface area contributed by atoms with Gasteiger partial charge >= 0.3 is 0 Å². The lowest BCUT2D eigenvalue weighted by Crippen LogP contribution is -2.23. The van der Waals surface area contributed by atoms with E-state index in [1.807, 2.05) is 48.5 Å². The molecule has 1 atom stereocenters. The minimum Gasteiger partial charge on any atom is -0.457 e. The van der Waals surface area contributed by atoms with Crippen molar-refractivity contribution < 1.29 is 9.84 Å². The molecule has 0 saturated carbocycles. The molecule has 0 aromatic heterocycles. The van der Waals surface area contributed by atoms with Gasteiger partial charge in [0.2, 0.25) is 0 Å². The molecule has 3 heteroatoms. The van der Waals surface area contributed by atoms with Crippen LogP contribution in [0.1, 0.15) is 31.4 Å². The third kappa shape index (κ3) is 4.88. The van der Waals surface area contributed by atoms with Crippen molar-refractivity contribution in [2.45, 2.75) is 25.8 Å². The fraction of sp³-hybridized carbons (Fsp3) is 0.333. The molecule has 1 unspecified atom stereocenters. The first-order chi connectivity index (χ1) is 10.3. The van der Waals surface area contributed by atoms with Crippen molar-refractivity contribution >= 4 is 0 Å². The Bertz CT molecular complexity index is 528. The van der Waals surface area contributed by atoms with Gasteiger partial charge in [-0.15, -0.1) is 0 Å². The van der Waals surface area contributed by atoms with E-state index in [-0.39, 0.29) is 12.6 Å². The highest BCUT2D eigenvalue weighted by atomic mass is 16.5. The van der Waals surface area contributed by atoms with Crippen LogP contribution in [0.15, 0.2) is 54.6 Å². The highest BCUT2D eigenvalue weighted by Gasteiger charge is 2.11. The van der Waals surface area contributed by atoms with Gasteiger partial charge in [0.05, 0.1) is 0 Å². The Kier molecular flexibility index (Phi) is 6.25. The maximum Gasteiger partial charge on any atom is 0.127 e. The lowest BCUT2D eigenvalue weighted by atomic mass is 10.0. The van der Waals surface area contributed by atoms with E-state index in [4.69, 9.17) is 4.74 Å². The summed E-state index contributed by atoms with van der Waals surface area (Å²) in [6.45, 7) is 3.25. The van der Waals surface area contributed by atoms with Crippen molar-refractivity contribution in [3.63, 3.8) is 0 Å². The summed E-state index contributed by atoms with van der Waals surface area (Å²) in [5.41, 5.74) is 1.14. The Hall–Kier alpha value is -1.84. The van der Waals surface area contributed by atoms with Crippen molar-refractivity contribution in [2.75, 3.05) is 13.2 Å². The maximum atomic E-state index is 9.23. The van der Waals surface area contributed by atoms with Crippen LogP contribution >= 0.6 is 0 Å². The van der Waals surface area contributed by atoms with Crippen molar-refractivity contribution in [3.8, 4) is 11.5 Å². The number of nitrogens with one attached hydrogen (secondary N) is 1. The van der Waals surface area contributed by atoms with Crippen molar-refractivity contribution in [2.24, 2.45) is 0 Å². The Balaban J connectivity index is 2.11. The second-order valence-corrected chi connectivity index (χ2v) is 5.01. The second-order valence-electron chi connectivity index (χ2n) is 5.01. The summed E-state index contributed by atoms with van der Waals surface area (Å²) < 4.78 is 5.86. The number of para-hydroxylation sites is 1. The SMILES string of the molecule is CCCNC(CCO)c1cccc(Oc2ccccc2)c1. The van der Waals surface area contributed by atoms with Gasteiger partial charge in [-0.25, -0.2) is 0 Å². The molecule has 0 aliphatic carbocycles. The minimum absolute atomic E-state index is 0.161. The lowest BCUT2D eigenvalue weighted by Gasteiger charge is -2.18. The van der Waals surface area contributed by atoms with Gasteiger partial charge in [0.1, 0.15) is 11.5 Å². The third-order valence-corrected chi connectivity index (χ3v) is 3.30. The first kappa shape index (κ1) is 15.5. The number of aliphatic hydroxyl groups excluding tert-OH is 1. The largest absolute Gasteiger partial charge is 0.457 e. The average Bonchev–Trinajstić information content (AvgIpc) is 2.53. The molecule has 0 aliphatic heterocycles. The van der Waals surface area contributed by atoms with Gasteiger partial charge in [-0.3, -0.25) is 0 Å². The summed E-state index contributed by atoms with van der Waals surface area (Å²) in [5.74, 6) is 1.65. The van der Waals surface area contributed by atoms with E-state index in [2.05, 4.69) is 18.3 Å². The van der Waals surface area contributed by atoms with Crippen LogP contribution in [0.2, 0.25) is 0 Å². The van der Waals surface area contributed by atoms with Crippen molar-refractivity contribution in [3.05, 3.63) is 60.2 Å². The second kappa shape index (κ2) is 8.45. The average molecular weight is 285 g/mol. The van der Waals surface area contributed by atoms with Crippen LogP contribution in [0, 0.1) is 0 Å². The summed E-state index contributed by atoms with van der Waals surface area (Å²) in [5, 5.41) is 12.7. The van der Waals surface area contributed by atoms with Gasteiger partial charge in [-0.05, 0) is 49.2 Å². The van der Waals surface area contributed by atoms with E-state index >= 15 is 0 Å². The number of ether oxygens (including phenoxy) is 1. The molecule has 0 radical (unpaired) electrons. The van der Waals surface area contributed by atoms with Gasteiger partial charge in [0, 0.05) is 12.6 Å². The molecule has 2 aromatic carbocycles. The molecular weight excluding hydrogens is 262 g/mol. The fourth-order valence-electron chi connectivity index (χ4n) is 2.25. The number of rotatable bonds is 8. The van der Waals surface area contributed by atoms with E-state index in [1.54, 1.807) is 0 Å². The van der Waals surface area contributed by atoms with E-state index in [1.165, 1.54) is 0 Å². The topological polar surface area (TPSA) is 41.5 Å². The maximum absolute atomic E-state index is 9.23. The summed E-state index contributed by atoms with van der Waals surface area (Å²) in [7, 11) is 0. The zero-order valence-electron chi connectivity index (χ0n) is 12.5. The molecule has 0 fully saturated rings. The molecule has 0 amide bonds. The number of benzene rings is 2. The molecule has 2 aromatic rings. The highest BCUT2D eigenvalue weighted by Crippen LogP contribution is 2.25. The zero-order chi connectivity index (χ0) is 14.9. The number of hydrogen-bond donors (Lipinski definition) is 2. The predicted octanol–water partition coefficient (Wildman–Crippen LogP) is 3.90. The molecular formula is C18H23NO2. The first-order valence-electron chi connectivity index (χ1n) is 7.50. The fourth-order valence-corrected chi connectivity index (χ4v) is 2.25. The molecule has 112 valence electrons. The lowest BCUT2D eigenvalue weighted by molar-refractivity contribution is 0.265. The minimum atomic E-state index is 0.161. The molecule has 0 bridgehead atoms. The van der Waals surface area contributed by atoms with Crippen molar-refractivity contribution in [1.29, 1.82) is 0 Å². The first-order valence-corrected chi connectivity index (χ1v) is 7.50. The van der Waals surface area contributed by atoms with E-state index in [0.29, 0.717) is 6.42 Å². The molecule has 21 heavy (non-hydrogen) atoms. The highest BCUT2D eigenvalue weighted by molar-refractivity contribution is 5.35. The van der Waals surface area contributed by atoms with Gasteiger partial charge in [-0.2, -0.15) is 0 Å². The van der Waals surface area contributed by atoms with E-state index in [9.17, 15) is 5.11 Å². The molecule has 0 spiro atoms. The van der Waals surface area contributed by atoms with Crippen LogP contribution in [-0.4, -0.2) is 18.3 Å². The molecule has 2 N–H and O–H groups in total. The molecule has 0 heterocycles. The molecule has 2 rings (SSSR count). The number of hydrogen-bond acceptors (Lipinski definition) is 3. The molecule has 3 nitrogen and oxygen atoms in total. The summed E-state index contributed by atoms with van der Waals surface area (Å²) >= 11 is 0. The van der Waals surface area contributed by atoms with Crippen LogP contribution in [0.3, 0.4) is 0 Å². The smallest absolute Gasteiger partial charge is 0.127 e. The Morgan fingerprint density at radius 1 is 1.05 bits per heavy atom. The Morgan fingerprint density at radius 2 is 1.81 bits per heavy atom. The van der Waals surface area contributed by atoms with Gasteiger partial charge in [0.15, 0.2) is 0 Å². The molecule has 0 saturated heterocycles. The summed E-state index contributed by atoms with van der Waals surface area (Å²) in [6.07, 6.45) is 1.77. The van der Waals surface area contributed by atoms with Crippen LogP contribution < -0.4 is 10.1 Å². The van der Waals surface area contributed by atoms with E-state index in [0.717, 1.165) is 30.0 Å². The quantitative estimate of drug-likeness (QED) is 0.773. The van der Waals surface area contributed by atoms with Gasteiger partial charge < -0.3 is 15.2 Å². The third-order valence-electron chi connectivity index (χ3n) is 3.30.